The SMILES string of the molecule is COc1cccc(NC(=O)CSc2nnc(-c3cccc(OC)c3)n2Cc2ccco2)c1. The summed E-state index contributed by atoms with van der Waals surface area (Å²) in [5, 5.41) is 12.2. The molecule has 4 rings (SSSR count). The van der Waals surface area contributed by atoms with Crippen LogP contribution in [0.15, 0.2) is 76.5 Å². The molecule has 1 N–H and O–H groups in total. The number of nitrogens with zero attached hydrogens (tertiary/aromatic N) is 3. The summed E-state index contributed by atoms with van der Waals surface area (Å²) in [6, 6.07) is 18.5. The maximum atomic E-state index is 12.5. The Hall–Kier alpha value is -3.72. The first kappa shape index (κ1) is 21.5. The molecule has 0 saturated carbocycles. The Morgan fingerprint density at radius 3 is 2.56 bits per heavy atom. The van der Waals surface area contributed by atoms with Gasteiger partial charge in [0.1, 0.15) is 17.3 Å². The van der Waals surface area contributed by atoms with E-state index in [1.807, 2.05) is 59.2 Å². The third-order valence-corrected chi connectivity index (χ3v) is 5.59. The number of hydrogen-bond acceptors (Lipinski definition) is 7. The van der Waals surface area contributed by atoms with E-state index in [1.54, 1.807) is 26.5 Å². The monoisotopic (exact) mass is 450 g/mol. The molecule has 0 spiro atoms. The number of rotatable bonds is 9. The van der Waals surface area contributed by atoms with Crippen LogP contribution in [0.3, 0.4) is 0 Å². The summed E-state index contributed by atoms with van der Waals surface area (Å²) in [6.07, 6.45) is 1.62. The molecule has 0 unspecified atom stereocenters. The van der Waals surface area contributed by atoms with E-state index in [0.29, 0.717) is 29.0 Å². The van der Waals surface area contributed by atoms with Gasteiger partial charge in [0.15, 0.2) is 11.0 Å². The molecule has 2 aromatic carbocycles. The van der Waals surface area contributed by atoms with E-state index >= 15 is 0 Å². The van der Waals surface area contributed by atoms with Crippen LogP contribution in [0.5, 0.6) is 11.5 Å². The van der Waals surface area contributed by atoms with Gasteiger partial charge < -0.3 is 19.2 Å². The number of benzene rings is 2. The number of ether oxygens (including phenoxy) is 2. The predicted molar refractivity (Wildman–Crippen MR) is 122 cm³/mol. The third kappa shape index (κ3) is 5.12. The fraction of sp³-hybridized carbons (Fsp3) is 0.174. The maximum absolute atomic E-state index is 12.5. The van der Waals surface area contributed by atoms with Gasteiger partial charge in [-0.1, -0.05) is 30.0 Å². The van der Waals surface area contributed by atoms with E-state index in [9.17, 15) is 4.79 Å². The summed E-state index contributed by atoms with van der Waals surface area (Å²) in [4.78, 5) is 12.5. The van der Waals surface area contributed by atoms with E-state index < -0.39 is 0 Å². The van der Waals surface area contributed by atoms with Crippen molar-refractivity contribution in [2.24, 2.45) is 0 Å². The number of anilines is 1. The molecule has 0 aliphatic rings. The highest BCUT2D eigenvalue weighted by atomic mass is 32.2. The van der Waals surface area contributed by atoms with Crippen LogP contribution in [-0.4, -0.2) is 40.6 Å². The topological polar surface area (TPSA) is 91.4 Å². The van der Waals surface area contributed by atoms with Crippen molar-refractivity contribution in [3.63, 3.8) is 0 Å². The zero-order chi connectivity index (χ0) is 22.3. The number of nitrogens with one attached hydrogen (secondary N) is 1. The fourth-order valence-electron chi connectivity index (χ4n) is 3.10. The lowest BCUT2D eigenvalue weighted by atomic mass is 10.2. The predicted octanol–water partition coefficient (Wildman–Crippen LogP) is 4.33. The first-order chi connectivity index (χ1) is 15.7. The minimum atomic E-state index is -0.154. The molecule has 32 heavy (non-hydrogen) atoms. The number of hydrogen-bond donors (Lipinski definition) is 1. The van der Waals surface area contributed by atoms with Crippen molar-refractivity contribution in [3.05, 3.63) is 72.7 Å². The van der Waals surface area contributed by atoms with E-state index in [0.717, 1.165) is 17.1 Å². The fourth-order valence-corrected chi connectivity index (χ4v) is 3.84. The Balaban J connectivity index is 1.53. The molecule has 164 valence electrons. The molecule has 2 aromatic heterocycles. The molecule has 4 aromatic rings. The number of carbonyl (C=O) groups is 1. The highest BCUT2D eigenvalue weighted by molar-refractivity contribution is 7.99. The zero-order valence-corrected chi connectivity index (χ0v) is 18.5. The van der Waals surface area contributed by atoms with Crippen molar-refractivity contribution in [3.8, 4) is 22.9 Å². The molecule has 0 aliphatic carbocycles. The number of furan rings is 1. The van der Waals surface area contributed by atoms with Crippen molar-refractivity contribution in [1.29, 1.82) is 0 Å². The largest absolute Gasteiger partial charge is 0.497 e. The summed E-state index contributed by atoms with van der Waals surface area (Å²) >= 11 is 1.30. The second-order valence-electron chi connectivity index (χ2n) is 6.77. The van der Waals surface area contributed by atoms with Crippen molar-refractivity contribution in [1.82, 2.24) is 14.8 Å². The summed E-state index contributed by atoms with van der Waals surface area (Å²) in [5.74, 6) is 2.84. The molecule has 0 saturated heterocycles. The Labute approximate surface area is 189 Å². The van der Waals surface area contributed by atoms with E-state index in [1.165, 1.54) is 11.8 Å². The van der Waals surface area contributed by atoms with E-state index in [-0.39, 0.29) is 11.7 Å². The molecule has 0 radical (unpaired) electrons. The first-order valence-electron chi connectivity index (χ1n) is 9.83. The van der Waals surface area contributed by atoms with Crippen LogP contribution in [0, 0.1) is 0 Å². The number of carbonyl (C=O) groups excluding carboxylic acids is 1. The lowest BCUT2D eigenvalue weighted by molar-refractivity contribution is -0.113. The molecular formula is C23H22N4O4S. The van der Waals surface area contributed by atoms with Gasteiger partial charge in [0.05, 0.1) is 32.8 Å². The number of thioether (sulfide) groups is 1. The summed E-state index contributed by atoms with van der Waals surface area (Å²) in [5.41, 5.74) is 1.53. The minimum absolute atomic E-state index is 0.154. The van der Waals surface area contributed by atoms with Crippen LogP contribution >= 0.6 is 11.8 Å². The van der Waals surface area contributed by atoms with Gasteiger partial charge >= 0.3 is 0 Å². The average molecular weight is 451 g/mol. The van der Waals surface area contributed by atoms with Gasteiger partial charge in [-0.15, -0.1) is 10.2 Å². The van der Waals surface area contributed by atoms with E-state index in [4.69, 9.17) is 13.9 Å². The molecule has 8 nitrogen and oxygen atoms in total. The molecular weight excluding hydrogens is 428 g/mol. The summed E-state index contributed by atoms with van der Waals surface area (Å²) in [6.45, 7) is 0.437. The van der Waals surface area contributed by atoms with Crippen molar-refractivity contribution < 1.29 is 18.7 Å². The van der Waals surface area contributed by atoms with Gasteiger partial charge in [-0.25, -0.2) is 0 Å². The second kappa shape index (κ2) is 10.1. The van der Waals surface area contributed by atoms with Crippen LogP contribution in [-0.2, 0) is 11.3 Å². The van der Waals surface area contributed by atoms with Crippen molar-refractivity contribution in [2.45, 2.75) is 11.7 Å². The minimum Gasteiger partial charge on any atom is -0.497 e. The molecule has 0 aliphatic heterocycles. The second-order valence-corrected chi connectivity index (χ2v) is 7.71. The Morgan fingerprint density at radius 2 is 1.81 bits per heavy atom. The summed E-state index contributed by atoms with van der Waals surface area (Å²) in [7, 11) is 3.21. The normalized spacial score (nSPS) is 10.7. The number of methoxy groups -OCH3 is 2. The first-order valence-corrected chi connectivity index (χ1v) is 10.8. The third-order valence-electron chi connectivity index (χ3n) is 4.62. The van der Waals surface area contributed by atoms with Gasteiger partial charge in [0.25, 0.3) is 0 Å². The van der Waals surface area contributed by atoms with Gasteiger partial charge in [-0.05, 0) is 36.4 Å². The molecule has 9 heteroatoms. The van der Waals surface area contributed by atoms with Crippen molar-refractivity contribution >= 4 is 23.4 Å². The zero-order valence-electron chi connectivity index (χ0n) is 17.6. The highest BCUT2D eigenvalue weighted by Gasteiger charge is 2.17. The van der Waals surface area contributed by atoms with Crippen LogP contribution in [0.1, 0.15) is 5.76 Å². The number of aromatic nitrogens is 3. The van der Waals surface area contributed by atoms with Crippen LogP contribution < -0.4 is 14.8 Å². The molecule has 0 fully saturated rings. The standard InChI is InChI=1S/C23H22N4O4S/c1-29-18-8-3-6-16(12-18)22-25-26-23(27(22)14-20-10-5-11-31-20)32-15-21(28)24-17-7-4-9-19(13-17)30-2/h3-13H,14-15H2,1-2H3,(H,24,28). The van der Waals surface area contributed by atoms with Gasteiger partial charge in [0.2, 0.25) is 5.91 Å². The molecule has 0 atom stereocenters. The van der Waals surface area contributed by atoms with E-state index in [2.05, 4.69) is 15.5 Å². The summed E-state index contributed by atoms with van der Waals surface area (Å²) < 4.78 is 18.0. The Bertz CT molecular complexity index is 1190. The van der Waals surface area contributed by atoms with Crippen LogP contribution in [0.4, 0.5) is 5.69 Å². The lowest BCUT2D eigenvalue weighted by Crippen LogP contribution is -2.14. The van der Waals surface area contributed by atoms with Gasteiger partial charge in [-0.2, -0.15) is 0 Å². The van der Waals surface area contributed by atoms with Crippen molar-refractivity contribution in [2.75, 3.05) is 25.3 Å². The van der Waals surface area contributed by atoms with Gasteiger partial charge in [-0.3, -0.25) is 9.36 Å². The van der Waals surface area contributed by atoms with Gasteiger partial charge in [0, 0.05) is 17.3 Å². The smallest absolute Gasteiger partial charge is 0.234 e. The maximum Gasteiger partial charge on any atom is 0.234 e. The average Bonchev–Trinajstić information content (AvgIpc) is 3.48. The van der Waals surface area contributed by atoms with Crippen LogP contribution in [0.2, 0.25) is 0 Å². The lowest BCUT2D eigenvalue weighted by Gasteiger charge is -2.10. The number of amides is 1. The highest BCUT2D eigenvalue weighted by Crippen LogP contribution is 2.28. The Morgan fingerprint density at radius 1 is 1.03 bits per heavy atom. The Kier molecular flexibility index (Phi) is 6.76. The quantitative estimate of drug-likeness (QED) is 0.379. The molecule has 0 bridgehead atoms. The molecule has 1 amide bonds. The molecule has 2 heterocycles. The van der Waals surface area contributed by atoms with Crippen LogP contribution in [0.25, 0.3) is 11.4 Å².